The Bertz CT molecular complexity index is 1380. The molecule has 0 aliphatic carbocycles. The molecule has 2 aromatic carbocycles. The van der Waals surface area contributed by atoms with Gasteiger partial charge in [-0.3, -0.25) is 19.5 Å². The lowest BCUT2D eigenvalue weighted by Crippen LogP contribution is -2.24. The number of pyridine rings is 1. The zero-order chi connectivity index (χ0) is 23.5. The van der Waals surface area contributed by atoms with Gasteiger partial charge in [0.1, 0.15) is 17.1 Å². The molecule has 0 unspecified atom stereocenters. The topological polar surface area (TPSA) is 109 Å². The monoisotopic (exact) mass is 464 g/mol. The largest absolute Gasteiger partial charge is 0.497 e. The van der Waals surface area contributed by atoms with Crippen LogP contribution in [-0.2, 0) is 6.54 Å². The van der Waals surface area contributed by atoms with Crippen LogP contribution in [0.5, 0.6) is 11.5 Å². The van der Waals surface area contributed by atoms with Crippen LogP contribution < -0.4 is 15.0 Å². The number of nitro benzene ring substituents is 1. The van der Waals surface area contributed by atoms with Crippen molar-refractivity contribution < 1.29 is 14.4 Å². The Kier molecular flexibility index (Phi) is 6.27. The van der Waals surface area contributed by atoms with Gasteiger partial charge in [0.2, 0.25) is 0 Å². The molecular weight excluding hydrogens is 444 g/mol. The third-order valence-corrected chi connectivity index (χ3v) is 5.70. The predicted molar refractivity (Wildman–Crippen MR) is 126 cm³/mol. The number of non-ortho nitro benzene ring substituents is 1. The molecular formula is C23H20N4O5S. The number of ether oxygens (including phenoxy) is 2. The summed E-state index contributed by atoms with van der Waals surface area (Å²) in [6, 6.07) is 13.1. The van der Waals surface area contributed by atoms with Crippen LogP contribution in [0, 0.1) is 10.1 Å². The maximum atomic E-state index is 13.7. The van der Waals surface area contributed by atoms with Crippen LogP contribution in [0.2, 0.25) is 0 Å². The third-order valence-electron chi connectivity index (χ3n) is 5.14. The number of methoxy groups -OCH3 is 2. The molecule has 0 aliphatic rings. The van der Waals surface area contributed by atoms with Crippen LogP contribution in [0.15, 0.2) is 64.7 Å². The number of hydrogen-bond acceptors (Lipinski definition) is 8. The quantitative estimate of drug-likeness (QED) is 0.174. The summed E-state index contributed by atoms with van der Waals surface area (Å²) in [6.07, 6.45) is 3.54. The Morgan fingerprint density at radius 2 is 1.73 bits per heavy atom. The molecule has 2 heterocycles. The Morgan fingerprint density at radius 1 is 1.06 bits per heavy atom. The summed E-state index contributed by atoms with van der Waals surface area (Å²) >= 11 is 1.37. The first-order chi connectivity index (χ1) is 15.9. The molecule has 0 bridgehead atoms. The Balaban J connectivity index is 1.93. The molecule has 33 heavy (non-hydrogen) atoms. The first-order valence-corrected chi connectivity index (χ1v) is 11.1. The van der Waals surface area contributed by atoms with E-state index >= 15 is 0 Å². The fourth-order valence-corrected chi connectivity index (χ4v) is 3.80. The molecule has 0 saturated carbocycles. The molecule has 0 spiro atoms. The molecule has 4 aromatic rings. The lowest BCUT2D eigenvalue weighted by molar-refractivity contribution is -0.384. The van der Waals surface area contributed by atoms with Crippen molar-refractivity contribution in [3.63, 3.8) is 0 Å². The standard InChI is InChI=1S/C23H20N4O5S/c1-31-18-8-15(9-19(11-18)32-2)20-10-16-12-24-23(33-3)25-21(16)26(22(20)28)13-14-4-6-17(7-5-14)27(29)30/h4-12H,13H2,1-3H3. The summed E-state index contributed by atoms with van der Waals surface area (Å²) < 4.78 is 12.3. The van der Waals surface area contributed by atoms with Gasteiger partial charge in [0, 0.05) is 35.3 Å². The lowest BCUT2D eigenvalue weighted by atomic mass is 10.0. The number of nitro groups is 1. The Hall–Kier alpha value is -3.92. The first-order valence-electron chi connectivity index (χ1n) is 9.85. The minimum atomic E-state index is -0.458. The zero-order valence-electron chi connectivity index (χ0n) is 18.1. The minimum Gasteiger partial charge on any atom is -0.497 e. The molecule has 4 rings (SSSR count). The molecule has 0 N–H and O–H groups in total. The zero-order valence-corrected chi connectivity index (χ0v) is 19.0. The molecule has 2 aromatic heterocycles. The van der Waals surface area contributed by atoms with Crippen molar-refractivity contribution in [3.8, 4) is 22.6 Å². The van der Waals surface area contributed by atoms with Gasteiger partial charge in [-0.1, -0.05) is 23.9 Å². The molecule has 0 saturated heterocycles. The highest BCUT2D eigenvalue weighted by Crippen LogP contribution is 2.30. The van der Waals surface area contributed by atoms with Crippen molar-refractivity contribution in [2.24, 2.45) is 0 Å². The first kappa shape index (κ1) is 22.3. The number of hydrogen-bond donors (Lipinski definition) is 0. The summed E-state index contributed by atoms with van der Waals surface area (Å²) in [7, 11) is 3.09. The summed E-state index contributed by atoms with van der Waals surface area (Å²) in [4.78, 5) is 33.1. The maximum absolute atomic E-state index is 13.7. The lowest BCUT2D eigenvalue weighted by Gasteiger charge is -2.14. The third kappa shape index (κ3) is 4.51. The van der Waals surface area contributed by atoms with Crippen molar-refractivity contribution in [2.75, 3.05) is 20.5 Å². The van der Waals surface area contributed by atoms with Gasteiger partial charge in [-0.25, -0.2) is 9.97 Å². The van der Waals surface area contributed by atoms with Crippen LogP contribution in [0.25, 0.3) is 22.2 Å². The minimum absolute atomic E-state index is 0.0137. The van der Waals surface area contributed by atoms with Gasteiger partial charge < -0.3 is 9.47 Å². The highest BCUT2D eigenvalue weighted by molar-refractivity contribution is 7.98. The number of nitrogens with zero attached hydrogens (tertiary/aromatic N) is 4. The van der Waals surface area contributed by atoms with E-state index in [1.807, 2.05) is 6.26 Å². The van der Waals surface area contributed by atoms with E-state index in [2.05, 4.69) is 9.97 Å². The van der Waals surface area contributed by atoms with Gasteiger partial charge in [-0.15, -0.1) is 0 Å². The SMILES string of the molecule is COc1cc(OC)cc(-c2cc3cnc(SC)nc3n(Cc3ccc([N+](=O)[O-])cc3)c2=O)c1. The van der Waals surface area contributed by atoms with E-state index in [9.17, 15) is 14.9 Å². The van der Waals surface area contributed by atoms with E-state index in [1.54, 1.807) is 61.4 Å². The van der Waals surface area contributed by atoms with Crippen molar-refractivity contribution in [3.05, 3.63) is 80.8 Å². The van der Waals surface area contributed by atoms with Gasteiger partial charge in [0.25, 0.3) is 11.2 Å². The number of thioether (sulfide) groups is 1. The molecule has 0 fully saturated rings. The molecule has 9 nitrogen and oxygen atoms in total. The average molecular weight is 465 g/mol. The van der Waals surface area contributed by atoms with Gasteiger partial charge in [0.15, 0.2) is 5.16 Å². The predicted octanol–water partition coefficient (Wildman–Crippen LogP) is 4.15. The normalized spacial score (nSPS) is 10.9. The van der Waals surface area contributed by atoms with Crippen molar-refractivity contribution in [1.29, 1.82) is 0 Å². The summed E-state index contributed by atoms with van der Waals surface area (Å²) in [5, 5.41) is 12.2. The van der Waals surface area contributed by atoms with Gasteiger partial charge in [0.05, 0.1) is 25.7 Å². The highest BCUT2D eigenvalue weighted by atomic mass is 32.2. The number of rotatable bonds is 7. The Labute approximate surface area is 193 Å². The molecule has 0 amide bonds. The summed E-state index contributed by atoms with van der Waals surface area (Å²) in [6.45, 7) is 0.188. The van der Waals surface area contributed by atoms with Gasteiger partial charge in [-0.2, -0.15) is 0 Å². The van der Waals surface area contributed by atoms with E-state index < -0.39 is 4.92 Å². The average Bonchev–Trinajstić information content (AvgIpc) is 2.85. The van der Waals surface area contributed by atoms with Gasteiger partial charge >= 0.3 is 0 Å². The van der Waals surface area contributed by atoms with Crippen LogP contribution in [-0.4, -0.2) is 39.9 Å². The fourth-order valence-electron chi connectivity index (χ4n) is 3.46. The highest BCUT2D eigenvalue weighted by Gasteiger charge is 2.16. The van der Waals surface area contributed by atoms with Gasteiger partial charge in [-0.05, 0) is 35.6 Å². The van der Waals surface area contributed by atoms with E-state index in [0.717, 1.165) is 5.56 Å². The van der Waals surface area contributed by atoms with E-state index in [-0.39, 0.29) is 17.8 Å². The Morgan fingerprint density at radius 3 is 2.30 bits per heavy atom. The second-order valence-electron chi connectivity index (χ2n) is 7.11. The van der Waals surface area contributed by atoms with Crippen molar-refractivity contribution >= 4 is 28.5 Å². The van der Waals surface area contributed by atoms with Crippen LogP contribution in [0.4, 0.5) is 5.69 Å². The second kappa shape index (κ2) is 9.29. The van der Waals surface area contributed by atoms with Crippen LogP contribution >= 0.6 is 11.8 Å². The number of fused-ring (bicyclic) bond motifs is 1. The maximum Gasteiger partial charge on any atom is 0.269 e. The van der Waals surface area contributed by atoms with E-state index in [0.29, 0.717) is 38.8 Å². The van der Waals surface area contributed by atoms with Crippen molar-refractivity contribution in [2.45, 2.75) is 11.7 Å². The second-order valence-corrected chi connectivity index (χ2v) is 7.88. The molecule has 168 valence electrons. The number of aromatic nitrogens is 3. The van der Waals surface area contributed by atoms with Crippen LogP contribution in [0.1, 0.15) is 5.56 Å². The van der Waals surface area contributed by atoms with E-state index in [1.165, 1.54) is 23.9 Å². The molecule has 10 heteroatoms. The molecule has 0 aliphatic heterocycles. The van der Waals surface area contributed by atoms with Crippen molar-refractivity contribution in [1.82, 2.24) is 14.5 Å². The molecule has 0 atom stereocenters. The smallest absolute Gasteiger partial charge is 0.269 e. The van der Waals surface area contributed by atoms with Crippen LogP contribution in [0.3, 0.4) is 0 Å². The molecule has 0 radical (unpaired) electrons. The van der Waals surface area contributed by atoms with E-state index in [4.69, 9.17) is 9.47 Å². The summed E-state index contributed by atoms with van der Waals surface area (Å²) in [5.41, 5.74) is 2.00. The number of benzene rings is 2. The fraction of sp³-hybridized carbons (Fsp3) is 0.174. The summed E-state index contributed by atoms with van der Waals surface area (Å²) in [5.74, 6) is 1.11.